The SMILES string of the molecule is NC1=NN=C(C2CCN(c3ncccc3-c3ccc(F)nc3)CC2)C1. The van der Waals surface area contributed by atoms with E-state index < -0.39 is 5.95 Å². The van der Waals surface area contributed by atoms with E-state index in [4.69, 9.17) is 5.73 Å². The van der Waals surface area contributed by atoms with Crippen molar-refractivity contribution in [3.8, 4) is 11.1 Å². The van der Waals surface area contributed by atoms with Gasteiger partial charge in [-0.15, -0.1) is 5.10 Å². The molecule has 0 bridgehead atoms. The van der Waals surface area contributed by atoms with E-state index in [-0.39, 0.29) is 0 Å². The zero-order valence-corrected chi connectivity index (χ0v) is 13.8. The number of rotatable bonds is 3. The molecular formula is C18H19FN6. The van der Waals surface area contributed by atoms with Crippen LogP contribution in [0.1, 0.15) is 19.3 Å². The standard InChI is InChI=1S/C18H19FN6/c19-16-4-3-13(11-22-16)14-2-1-7-21-18(14)25-8-5-12(6-9-25)15-10-17(20)24-23-15/h1-4,7,11-12H,5-6,8-10H2,(H2,20,24). The maximum Gasteiger partial charge on any atom is 0.212 e. The summed E-state index contributed by atoms with van der Waals surface area (Å²) in [6.07, 6.45) is 6.03. The van der Waals surface area contributed by atoms with E-state index >= 15 is 0 Å². The van der Waals surface area contributed by atoms with Crippen LogP contribution >= 0.6 is 0 Å². The van der Waals surface area contributed by atoms with Gasteiger partial charge in [0, 0.05) is 48.9 Å². The Bertz CT molecular complexity index is 822. The summed E-state index contributed by atoms with van der Waals surface area (Å²) in [5.41, 5.74) is 8.67. The maximum atomic E-state index is 13.1. The number of pyridine rings is 2. The first-order chi connectivity index (χ1) is 12.2. The third-order valence-corrected chi connectivity index (χ3v) is 4.76. The van der Waals surface area contributed by atoms with Crippen LogP contribution in [-0.2, 0) is 0 Å². The van der Waals surface area contributed by atoms with Gasteiger partial charge in [0.25, 0.3) is 0 Å². The van der Waals surface area contributed by atoms with E-state index in [1.54, 1.807) is 18.5 Å². The molecule has 1 saturated heterocycles. The monoisotopic (exact) mass is 338 g/mol. The summed E-state index contributed by atoms with van der Waals surface area (Å²) < 4.78 is 13.1. The molecule has 128 valence electrons. The predicted octanol–water partition coefficient (Wildman–Crippen LogP) is 2.62. The fraction of sp³-hybridized carbons (Fsp3) is 0.333. The summed E-state index contributed by atoms with van der Waals surface area (Å²) in [6.45, 7) is 1.78. The Morgan fingerprint density at radius 3 is 2.60 bits per heavy atom. The number of anilines is 1. The fourth-order valence-electron chi connectivity index (χ4n) is 3.44. The number of halogens is 1. The largest absolute Gasteiger partial charge is 0.385 e. The number of hydrogen-bond donors (Lipinski definition) is 1. The Hall–Kier alpha value is -2.83. The molecule has 0 spiro atoms. The molecule has 0 aliphatic carbocycles. The highest BCUT2D eigenvalue weighted by atomic mass is 19.1. The molecule has 6 nitrogen and oxygen atoms in total. The van der Waals surface area contributed by atoms with Crippen LogP contribution in [0.3, 0.4) is 0 Å². The molecule has 2 aliphatic rings. The maximum absolute atomic E-state index is 13.1. The third kappa shape index (κ3) is 3.22. The molecule has 25 heavy (non-hydrogen) atoms. The lowest BCUT2D eigenvalue weighted by Crippen LogP contribution is -2.37. The zero-order chi connectivity index (χ0) is 17.2. The van der Waals surface area contributed by atoms with Crippen LogP contribution in [0.25, 0.3) is 11.1 Å². The van der Waals surface area contributed by atoms with E-state index in [1.807, 2.05) is 12.1 Å². The Kier molecular flexibility index (Phi) is 4.13. The van der Waals surface area contributed by atoms with Crippen molar-refractivity contribution in [2.24, 2.45) is 21.9 Å². The first kappa shape index (κ1) is 15.7. The molecule has 2 aliphatic heterocycles. The van der Waals surface area contributed by atoms with Gasteiger partial charge in [0.15, 0.2) is 0 Å². The summed E-state index contributed by atoms with van der Waals surface area (Å²) in [6, 6.07) is 7.01. The van der Waals surface area contributed by atoms with E-state index in [1.165, 1.54) is 6.07 Å². The van der Waals surface area contributed by atoms with Crippen LogP contribution in [0.4, 0.5) is 10.2 Å². The molecule has 4 heterocycles. The molecule has 2 N–H and O–H groups in total. The topological polar surface area (TPSA) is 79.8 Å². The number of hydrogen-bond acceptors (Lipinski definition) is 6. The minimum atomic E-state index is -0.478. The molecule has 0 radical (unpaired) electrons. The second kappa shape index (κ2) is 6.58. The number of nitrogens with two attached hydrogens (primary N) is 1. The lowest BCUT2D eigenvalue weighted by Gasteiger charge is -2.33. The highest BCUT2D eigenvalue weighted by Crippen LogP contribution is 2.32. The predicted molar refractivity (Wildman–Crippen MR) is 96.0 cm³/mol. The van der Waals surface area contributed by atoms with Crippen LogP contribution in [0.15, 0.2) is 46.9 Å². The molecule has 7 heteroatoms. The molecular weight excluding hydrogens is 319 g/mol. The summed E-state index contributed by atoms with van der Waals surface area (Å²) >= 11 is 0. The molecule has 0 amide bonds. The van der Waals surface area contributed by atoms with Crippen LogP contribution in [0.5, 0.6) is 0 Å². The van der Waals surface area contributed by atoms with Gasteiger partial charge in [-0.25, -0.2) is 9.97 Å². The minimum absolute atomic E-state index is 0.431. The van der Waals surface area contributed by atoms with Crippen molar-refractivity contribution < 1.29 is 4.39 Å². The van der Waals surface area contributed by atoms with Gasteiger partial charge in [0.1, 0.15) is 11.7 Å². The molecule has 0 saturated carbocycles. The average Bonchev–Trinajstić information content (AvgIpc) is 3.09. The molecule has 0 unspecified atom stereocenters. The first-order valence-electron chi connectivity index (χ1n) is 8.41. The molecule has 0 atom stereocenters. The Morgan fingerprint density at radius 2 is 1.92 bits per heavy atom. The quantitative estimate of drug-likeness (QED) is 0.873. The van der Waals surface area contributed by atoms with Crippen molar-refractivity contribution in [2.75, 3.05) is 18.0 Å². The Labute approximate surface area is 145 Å². The van der Waals surface area contributed by atoms with Crippen LogP contribution < -0.4 is 10.6 Å². The second-order valence-electron chi connectivity index (χ2n) is 6.36. The zero-order valence-electron chi connectivity index (χ0n) is 13.8. The Balaban J connectivity index is 1.51. The van der Waals surface area contributed by atoms with E-state index in [2.05, 4.69) is 25.1 Å². The first-order valence-corrected chi connectivity index (χ1v) is 8.41. The van der Waals surface area contributed by atoms with E-state index in [9.17, 15) is 4.39 Å². The molecule has 4 rings (SSSR count). The summed E-state index contributed by atoms with van der Waals surface area (Å²) in [7, 11) is 0. The molecule has 1 fully saturated rings. The van der Waals surface area contributed by atoms with Crippen LogP contribution in [0, 0.1) is 11.9 Å². The highest BCUT2D eigenvalue weighted by Gasteiger charge is 2.27. The van der Waals surface area contributed by atoms with Crippen LogP contribution in [-0.4, -0.2) is 34.6 Å². The molecule has 2 aromatic rings. The summed E-state index contributed by atoms with van der Waals surface area (Å²) in [5.74, 6) is 1.47. The average molecular weight is 338 g/mol. The summed E-state index contributed by atoms with van der Waals surface area (Å²) in [5, 5.41) is 8.16. The number of amidine groups is 1. The lowest BCUT2D eigenvalue weighted by atomic mass is 9.90. The van der Waals surface area contributed by atoms with Crippen LogP contribution in [0.2, 0.25) is 0 Å². The minimum Gasteiger partial charge on any atom is -0.385 e. The number of nitrogens with zero attached hydrogens (tertiary/aromatic N) is 5. The fourth-order valence-corrected chi connectivity index (χ4v) is 3.44. The van der Waals surface area contributed by atoms with Gasteiger partial charge in [-0.1, -0.05) is 0 Å². The summed E-state index contributed by atoms with van der Waals surface area (Å²) in [4.78, 5) is 10.6. The Morgan fingerprint density at radius 1 is 1.08 bits per heavy atom. The van der Waals surface area contributed by atoms with Crippen molar-refractivity contribution in [1.82, 2.24) is 9.97 Å². The molecule has 2 aromatic heterocycles. The van der Waals surface area contributed by atoms with Crippen molar-refractivity contribution in [3.63, 3.8) is 0 Å². The number of aromatic nitrogens is 2. The van der Waals surface area contributed by atoms with E-state index in [0.29, 0.717) is 18.2 Å². The van der Waals surface area contributed by atoms with Crippen molar-refractivity contribution in [1.29, 1.82) is 0 Å². The smallest absolute Gasteiger partial charge is 0.212 e. The van der Waals surface area contributed by atoms with Gasteiger partial charge in [0.05, 0.1) is 5.71 Å². The van der Waals surface area contributed by atoms with Crippen molar-refractivity contribution in [3.05, 3.63) is 42.6 Å². The molecule has 0 aromatic carbocycles. The van der Waals surface area contributed by atoms with Gasteiger partial charge >= 0.3 is 0 Å². The van der Waals surface area contributed by atoms with Gasteiger partial charge in [-0.3, -0.25) is 0 Å². The van der Waals surface area contributed by atoms with Gasteiger partial charge in [-0.05, 0) is 37.1 Å². The van der Waals surface area contributed by atoms with E-state index in [0.717, 1.165) is 48.6 Å². The second-order valence-corrected chi connectivity index (χ2v) is 6.36. The normalized spacial score (nSPS) is 18.2. The number of piperidine rings is 1. The van der Waals surface area contributed by atoms with Crippen molar-refractivity contribution in [2.45, 2.75) is 19.3 Å². The third-order valence-electron chi connectivity index (χ3n) is 4.76. The van der Waals surface area contributed by atoms with Crippen molar-refractivity contribution >= 4 is 17.4 Å². The van der Waals surface area contributed by atoms with Gasteiger partial charge in [0.2, 0.25) is 5.95 Å². The van der Waals surface area contributed by atoms with Gasteiger partial charge in [-0.2, -0.15) is 9.49 Å². The highest BCUT2D eigenvalue weighted by molar-refractivity contribution is 6.06. The van der Waals surface area contributed by atoms with Gasteiger partial charge < -0.3 is 10.6 Å². The lowest BCUT2D eigenvalue weighted by molar-refractivity contribution is 0.497.